The molecule has 1 aromatic heterocycles. The number of aromatic nitrogens is 2. The summed E-state index contributed by atoms with van der Waals surface area (Å²) in [5, 5.41) is 7.69. The summed E-state index contributed by atoms with van der Waals surface area (Å²) in [6.07, 6.45) is 1.75. The van der Waals surface area contributed by atoms with E-state index in [2.05, 4.69) is 17.3 Å². The van der Waals surface area contributed by atoms with Gasteiger partial charge in [-0.2, -0.15) is 5.10 Å². The van der Waals surface area contributed by atoms with Crippen LogP contribution in [0.15, 0.2) is 30.5 Å². The van der Waals surface area contributed by atoms with Crippen molar-refractivity contribution in [1.29, 1.82) is 0 Å². The minimum Gasteiger partial charge on any atom is -0.496 e. The lowest BCUT2D eigenvalue weighted by Crippen LogP contribution is -2.22. The van der Waals surface area contributed by atoms with Gasteiger partial charge in [-0.05, 0) is 20.0 Å². The third kappa shape index (κ3) is 2.49. The van der Waals surface area contributed by atoms with Gasteiger partial charge in [-0.3, -0.25) is 4.68 Å². The fourth-order valence-corrected chi connectivity index (χ4v) is 2.42. The van der Waals surface area contributed by atoms with Gasteiger partial charge in [0.25, 0.3) is 0 Å². The van der Waals surface area contributed by atoms with E-state index in [4.69, 9.17) is 9.47 Å². The lowest BCUT2D eigenvalue weighted by Gasteiger charge is -2.21. The van der Waals surface area contributed by atoms with Crippen LogP contribution in [-0.4, -0.2) is 31.0 Å². The molecule has 108 valence electrons. The van der Waals surface area contributed by atoms with E-state index in [1.54, 1.807) is 20.4 Å². The first-order valence-electron chi connectivity index (χ1n) is 6.66. The van der Waals surface area contributed by atoms with E-state index in [1.165, 1.54) is 0 Å². The largest absolute Gasteiger partial charge is 0.496 e. The second-order valence-electron chi connectivity index (χ2n) is 4.38. The number of para-hydroxylation sites is 1. The van der Waals surface area contributed by atoms with E-state index in [0.29, 0.717) is 0 Å². The molecule has 5 nitrogen and oxygen atoms in total. The van der Waals surface area contributed by atoms with Crippen molar-refractivity contribution in [3.8, 4) is 11.5 Å². The minimum atomic E-state index is -0.0384. The highest BCUT2D eigenvalue weighted by atomic mass is 16.5. The average molecular weight is 275 g/mol. The minimum absolute atomic E-state index is 0.0384. The second-order valence-corrected chi connectivity index (χ2v) is 4.38. The summed E-state index contributed by atoms with van der Waals surface area (Å²) >= 11 is 0. The van der Waals surface area contributed by atoms with Gasteiger partial charge in [-0.15, -0.1) is 0 Å². The lowest BCUT2D eigenvalue weighted by atomic mass is 10.0. The van der Waals surface area contributed by atoms with Gasteiger partial charge in [0.15, 0.2) is 5.75 Å². The van der Waals surface area contributed by atoms with E-state index in [-0.39, 0.29) is 6.04 Å². The van der Waals surface area contributed by atoms with Crippen LogP contribution in [0.5, 0.6) is 11.5 Å². The zero-order valence-corrected chi connectivity index (χ0v) is 12.4. The zero-order chi connectivity index (χ0) is 14.5. The molecule has 1 unspecified atom stereocenters. The standard InChI is InChI=1S/C15H21N3O2/c1-5-18-15(13(20-4)10-17-18)14(16-2)11-8-6-7-9-12(11)19-3/h6-10,14,16H,5H2,1-4H3. The lowest BCUT2D eigenvalue weighted by molar-refractivity contribution is 0.391. The van der Waals surface area contributed by atoms with Crippen LogP contribution in [-0.2, 0) is 6.54 Å². The summed E-state index contributed by atoms with van der Waals surface area (Å²) in [7, 11) is 5.26. The number of methoxy groups -OCH3 is 2. The maximum absolute atomic E-state index is 5.46. The molecule has 0 spiro atoms. The number of nitrogens with one attached hydrogen (secondary N) is 1. The number of nitrogens with zero attached hydrogens (tertiary/aromatic N) is 2. The van der Waals surface area contributed by atoms with Gasteiger partial charge in [-0.25, -0.2) is 0 Å². The first kappa shape index (κ1) is 14.4. The van der Waals surface area contributed by atoms with Gasteiger partial charge in [0.2, 0.25) is 0 Å². The molecule has 2 rings (SSSR count). The number of aryl methyl sites for hydroxylation is 1. The number of hydrogen-bond acceptors (Lipinski definition) is 4. The van der Waals surface area contributed by atoms with Gasteiger partial charge < -0.3 is 14.8 Å². The molecular weight excluding hydrogens is 254 g/mol. The summed E-state index contributed by atoms with van der Waals surface area (Å²) in [6.45, 7) is 2.84. The molecule has 1 heterocycles. The van der Waals surface area contributed by atoms with Crippen molar-refractivity contribution in [2.75, 3.05) is 21.3 Å². The van der Waals surface area contributed by atoms with Crippen molar-refractivity contribution < 1.29 is 9.47 Å². The number of hydrogen-bond donors (Lipinski definition) is 1. The van der Waals surface area contributed by atoms with E-state index in [1.807, 2.05) is 36.0 Å². The molecule has 0 fully saturated rings. The molecular formula is C15H21N3O2. The number of rotatable bonds is 6. The van der Waals surface area contributed by atoms with Crippen LogP contribution in [0.25, 0.3) is 0 Å². The zero-order valence-electron chi connectivity index (χ0n) is 12.4. The normalized spacial score (nSPS) is 12.2. The van der Waals surface area contributed by atoms with Gasteiger partial charge in [0.1, 0.15) is 11.4 Å². The smallest absolute Gasteiger partial charge is 0.161 e. The SMILES string of the molecule is CCn1ncc(OC)c1C(NC)c1ccccc1OC. The Morgan fingerprint density at radius 3 is 2.50 bits per heavy atom. The molecule has 0 saturated carbocycles. The highest BCUT2D eigenvalue weighted by molar-refractivity contribution is 5.43. The molecule has 5 heteroatoms. The summed E-state index contributed by atoms with van der Waals surface area (Å²) in [5.74, 6) is 1.62. The topological polar surface area (TPSA) is 48.3 Å². The highest BCUT2D eigenvalue weighted by Crippen LogP contribution is 2.34. The average Bonchev–Trinajstić information content (AvgIpc) is 2.91. The summed E-state index contributed by atoms with van der Waals surface area (Å²) in [5.41, 5.74) is 2.06. The van der Waals surface area contributed by atoms with Crippen molar-refractivity contribution in [2.24, 2.45) is 0 Å². The van der Waals surface area contributed by atoms with Gasteiger partial charge in [-0.1, -0.05) is 18.2 Å². The van der Waals surface area contributed by atoms with Crippen LogP contribution in [0.1, 0.15) is 24.2 Å². The van der Waals surface area contributed by atoms with Crippen LogP contribution < -0.4 is 14.8 Å². The monoisotopic (exact) mass is 275 g/mol. The van der Waals surface area contributed by atoms with Crippen molar-refractivity contribution >= 4 is 0 Å². The molecule has 0 saturated heterocycles. The Balaban J connectivity index is 2.55. The number of ether oxygens (including phenoxy) is 2. The molecule has 2 aromatic rings. The Labute approximate surface area is 119 Å². The Bertz CT molecular complexity index is 544. The van der Waals surface area contributed by atoms with Gasteiger partial charge in [0.05, 0.1) is 26.5 Å². The molecule has 0 aliphatic carbocycles. The molecule has 0 aliphatic rings. The molecule has 0 bridgehead atoms. The highest BCUT2D eigenvalue weighted by Gasteiger charge is 2.24. The quantitative estimate of drug-likeness (QED) is 0.878. The van der Waals surface area contributed by atoms with E-state index in [0.717, 1.165) is 29.3 Å². The van der Waals surface area contributed by atoms with Crippen LogP contribution in [0.3, 0.4) is 0 Å². The maximum Gasteiger partial charge on any atom is 0.161 e. The summed E-state index contributed by atoms with van der Waals surface area (Å²) in [4.78, 5) is 0. The summed E-state index contributed by atoms with van der Waals surface area (Å²) < 4.78 is 12.8. The van der Waals surface area contributed by atoms with E-state index < -0.39 is 0 Å². The fourth-order valence-electron chi connectivity index (χ4n) is 2.42. The predicted octanol–water partition coefficient (Wildman–Crippen LogP) is 2.23. The van der Waals surface area contributed by atoms with Gasteiger partial charge in [0, 0.05) is 12.1 Å². The van der Waals surface area contributed by atoms with E-state index in [9.17, 15) is 0 Å². The molecule has 1 N–H and O–H groups in total. The predicted molar refractivity (Wildman–Crippen MR) is 78.3 cm³/mol. The Morgan fingerprint density at radius 1 is 1.20 bits per heavy atom. The second kappa shape index (κ2) is 6.43. The molecule has 20 heavy (non-hydrogen) atoms. The van der Waals surface area contributed by atoms with Crippen molar-refractivity contribution in [1.82, 2.24) is 15.1 Å². The van der Waals surface area contributed by atoms with Crippen LogP contribution in [0.2, 0.25) is 0 Å². The van der Waals surface area contributed by atoms with Crippen molar-refractivity contribution in [2.45, 2.75) is 19.5 Å². The van der Waals surface area contributed by atoms with Crippen molar-refractivity contribution in [3.05, 3.63) is 41.7 Å². The van der Waals surface area contributed by atoms with Gasteiger partial charge >= 0.3 is 0 Å². The molecule has 0 amide bonds. The van der Waals surface area contributed by atoms with E-state index >= 15 is 0 Å². The Hall–Kier alpha value is -2.01. The van der Waals surface area contributed by atoms with Crippen molar-refractivity contribution in [3.63, 3.8) is 0 Å². The number of benzene rings is 1. The molecule has 1 atom stereocenters. The first-order valence-corrected chi connectivity index (χ1v) is 6.66. The fraction of sp³-hybridized carbons (Fsp3) is 0.400. The third-order valence-corrected chi connectivity index (χ3v) is 3.38. The van der Waals surface area contributed by atoms with Crippen LogP contribution >= 0.6 is 0 Å². The van der Waals surface area contributed by atoms with Crippen LogP contribution in [0, 0.1) is 0 Å². The van der Waals surface area contributed by atoms with Crippen LogP contribution in [0.4, 0.5) is 0 Å². The third-order valence-electron chi connectivity index (χ3n) is 3.38. The molecule has 1 aromatic carbocycles. The summed E-state index contributed by atoms with van der Waals surface area (Å²) in [6, 6.07) is 7.93. The molecule has 0 aliphatic heterocycles. The Morgan fingerprint density at radius 2 is 1.90 bits per heavy atom. The Kier molecular flexibility index (Phi) is 4.63. The first-order chi connectivity index (χ1) is 9.76. The maximum atomic E-state index is 5.46. The molecule has 0 radical (unpaired) electrons.